The third kappa shape index (κ3) is 3.00. The quantitative estimate of drug-likeness (QED) is 0.633. The lowest BCUT2D eigenvalue weighted by molar-refractivity contribution is 0.294. The van der Waals surface area contributed by atoms with Crippen molar-refractivity contribution >= 4 is 28.6 Å². The fourth-order valence-corrected chi connectivity index (χ4v) is 5.22. The summed E-state index contributed by atoms with van der Waals surface area (Å²) in [5.41, 5.74) is 3.94. The number of hydrogen-bond donors (Lipinski definition) is 0. The van der Waals surface area contributed by atoms with Crippen LogP contribution >= 0.6 is 22.9 Å². The monoisotopic (exact) mass is 413 g/mol. The molecule has 0 radical (unpaired) electrons. The van der Waals surface area contributed by atoms with E-state index in [2.05, 4.69) is 54.5 Å². The lowest BCUT2D eigenvalue weighted by atomic mass is 9.97. The van der Waals surface area contributed by atoms with Gasteiger partial charge in [-0.1, -0.05) is 23.7 Å². The van der Waals surface area contributed by atoms with E-state index in [0.29, 0.717) is 0 Å². The number of likely N-dealkylation sites (N-methyl/N-ethyl adjacent to an activating group) is 1. The molecule has 0 amide bonds. The van der Waals surface area contributed by atoms with Gasteiger partial charge in [0.05, 0.1) is 5.71 Å². The summed E-state index contributed by atoms with van der Waals surface area (Å²) in [4.78, 5) is 8.76. The van der Waals surface area contributed by atoms with Gasteiger partial charge in [0.1, 0.15) is 16.4 Å². The minimum atomic E-state index is -0.529. The van der Waals surface area contributed by atoms with Crippen LogP contribution in [0, 0.1) is 20.8 Å². The number of thiophene rings is 1. The SMILES string of the molecule is Cc1sc2c(c1C)C(c1ccc(Cl)cc1)=N[C@@](C)(CN(C)C)c1nnc(C)n1-2. The molecule has 5 nitrogen and oxygen atoms in total. The number of aromatic nitrogens is 3. The summed E-state index contributed by atoms with van der Waals surface area (Å²) >= 11 is 7.93. The van der Waals surface area contributed by atoms with Gasteiger partial charge in [0, 0.05) is 27.6 Å². The molecule has 28 heavy (non-hydrogen) atoms. The van der Waals surface area contributed by atoms with Gasteiger partial charge in [-0.05, 0) is 59.5 Å². The van der Waals surface area contributed by atoms with Crippen LogP contribution in [0.4, 0.5) is 0 Å². The van der Waals surface area contributed by atoms with Gasteiger partial charge < -0.3 is 4.90 Å². The van der Waals surface area contributed by atoms with Crippen molar-refractivity contribution < 1.29 is 0 Å². The first-order chi connectivity index (χ1) is 13.2. The zero-order valence-electron chi connectivity index (χ0n) is 17.0. The second-order valence-electron chi connectivity index (χ2n) is 7.85. The Labute approximate surface area is 174 Å². The average Bonchev–Trinajstić information content (AvgIpc) is 3.11. The van der Waals surface area contributed by atoms with Crippen molar-refractivity contribution in [3.8, 4) is 5.00 Å². The van der Waals surface area contributed by atoms with Crippen LogP contribution < -0.4 is 0 Å². The average molecular weight is 414 g/mol. The van der Waals surface area contributed by atoms with Crippen molar-refractivity contribution in [2.24, 2.45) is 4.99 Å². The Morgan fingerprint density at radius 2 is 1.79 bits per heavy atom. The lowest BCUT2D eigenvalue weighted by Crippen LogP contribution is -2.36. The number of benzene rings is 1. The second-order valence-corrected chi connectivity index (χ2v) is 9.49. The number of aryl methyl sites for hydroxylation is 2. The molecular formula is C21H24ClN5S. The summed E-state index contributed by atoms with van der Waals surface area (Å²) in [6, 6.07) is 7.94. The van der Waals surface area contributed by atoms with Crippen LogP contribution in [0.25, 0.3) is 5.00 Å². The molecule has 0 fully saturated rings. The smallest absolute Gasteiger partial charge is 0.167 e. The normalized spacial score (nSPS) is 18.6. The maximum Gasteiger partial charge on any atom is 0.167 e. The number of fused-ring (bicyclic) bond motifs is 3. The molecule has 4 rings (SSSR count). The topological polar surface area (TPSA) is 46.3 Å². The van der Waals surface area contributed by atoms with Crippen molar-refractivity contribution in [1.29, 1.82) is 0 Å². The summed E-state index contributed by atoms with van der Waals surface area (Å²) in [7, 11) is 4.12. The van der Waals surface area contributed by atoms with E-state index in [0.717, 1.165) is 45.1 Å². The lowest BCUT2D eigenvalue weighted by Gasteiger charge is -2.27. The van der Waals surface area contributed by atoms with E-state index in [-0.39, 0.29) is 0 Å². The van der Waals surface area contributed by atoms with E-state index in [1.54, 1.807) is 11.3 Å². The molecule has 0 saturated carbocycles. The van der Waals surface area contributed by atoms with Gasteiger partial charge >= 0.3 is 0 Å². The second kappa shape index (κ2) is 6.79. The Hall–Kier alpha value is -2.02. The van der Waals surface area contributed by atoms with Crippen molar-refractivity contribution in [3.63, 3.8) is 0 Å². The van der Waals surface area contributed by atoms with E-state index < -0.39 is 5.54 Å². The molecule has 1 aliphatic heterocycles. The van der Waals surface area contributed by atoms with Crippen LogP contribution in [0.2, 0.25) is 5.02 Å². The molecule has 3 aromatic rings. The van der Waals surface area contributed by atoms with Gasteiger partial charge in [0.2, 0.25) is 0 Å². The molecule has 0 spiro atoms. The summed E-state index contributed by atoms with van der Waals surface area (Å²) in [5, 5.41) is 10.8. The molecule has 7 heteroatoms. The highest BCUT2D eigenvalue weighted by molar-refractivity contribution is 7.15. The molecule has 1 aliphatic rings. The number of rotatable bonds is 3. The van der Waals surface area contributed by atoms with Gasteiger partial charge in [-0.3, -0.25) is 9.56 Å². The van der Waals surface area contributed by atoms with Gasteiger partial charge in [-0.15, -0.1) is 21.5 Å². The minimum Gasteiger partial charge on any atom is -0.307 e. The zero-order chi connectivity index (χ0) is 20.2. The first kappa shape index (κ1) is 19.3. The van der Waals surface area contributed by atoms with Crippen molar-refractivity contribution in [1.82, 2.24) is 19.7 Å². The van der Waals surface area contributed by atoms with Crippen LogP contribution in [0.3, 0.4) is 0 Å². The van der Waals surface area contributed by atoms with E-state index in [1.165, 1.54) is 10.4 Å². The number of hydrogen-bond acceptors (Lipinski definition) is 5. The predicted molar refractivity (Wildman–Crippen MR) is 116 cm³/mol. The Bertz CT molecular complexity index is 1080. The summed E-state index contributed by atoms with van der Waals surface area (Å²) in [6.45, 7) is 9.21. The molecule has 0 aliphatic carbocycles. The van der Waals surface area contributed by atoms with Gasteiger partial charge in [-0.25, -0.2) is 0 Å². The Morgan fingerprint density at radius 3 is 2.43 bits per heavy atom. The fourth-order valence-electron chi connectivity index (χ4n) is 3.89. The van der Waals surface area contributed by atoms with E-state index in [4.69, 9.17) is 16.6 Å². The Balaban J connectivity index is 2.08. The zero-order valence-corrected chi connectivity index (χ0v) is 18.6. The van der Waals surface area contributed by atoms with E-state index in [9.17, 15) is 0 Å². The maximum absolute atomic E-state index is 6.15. The first-order valence-corrected chi connectivity index (χ1v) is 10.4. The highest BCUT2D eigenvalue weighted by atomic mass is 35.5. The van der Waals surface area contributed by atoms with Gasteiger partial charge in [0.15, 0.2) is 5.82 Å². The standard InChI is InChI=1S/C21H24ClN5S/c1-12-13(2)28-19-17(12)18(15-7-9-16(22)10-8-15)23-21(4,11-26(5)6)20-25-24-14(3)27(19)20/h7-10H,11H2,1-6H3/t21-/m0/s1. The fraction of sp³-hybridized carbons (Fsp3) is 0.381. The van der Waals surface area contributed by atoms with Crippen LogP contribution in [0.5, 0.6) is 0 Å². The molecule has 1 atom stereocenters. The summed E-state index contributed by atoms with van der Waals surface area (Å²) < 4.78 is 2.19. The molecular weight excluding hydrogens is 390 g/mol. The molecule has 0 N–H and O–H groups in total. The van der Waals surface area contributed by atoms with Crippen LogP contribution in [-0.2, 0) is 5.54 Å². The highest BCUT2D eigenvalue weighted by Gasteiger charge is 2.39. The third-order valence-corrected chi connectivity index (χ3v) is 6.66. The van der Waals surface area contributed by atoms with Crippen LogP contribution in [-0.4, -0.2) is 46.0 Å². The first-order valence-electron chi connectivity index (χ1n) is 9.25. The molecule has 0 unspecified atom stereocenters. The minimum absolute atomic E-state index is 0.529. The number of nitrogens with zero attached hydrogens (tertiary/aromatic N) is 5. The van der Waals surface area contributed by atoms with Gasteiger partial charge in [-0.2, -0.15) is 0 Å². The van der Waals surface area contributed by atoms with E-state index >= 15 is 0 Å². The third-order valence-electron chi connectivity index (χ3n) is 5.21. The largest absolute Gasteiger partial charge is 0.307 e. The Morgan fingerprint density at radius 1 is 1.11 bits per heavy atom. The number of halogens is 1. The van der Waals surface area contributed by atoms with Crippen molar-refractivity contribution in [2.75, 3.05) is 20.6 Å². The molecule has 2 aromatic heterocycles. The molecule has 0 saturated heterocycles. The van der Waals surface area contributed by atoms with Crippen LogP contribution in [0.15, 0.2) is 29.3 Å². The van der Waals surface area contributed by atoms with Crippen LogP contribution in [0.1, 0.15) is 40.1 Å². The van der Waals surface area contributed by atoms with Gasteiger partial charge in [0.25, 0.3) is 0 Å². The predicted octanol–water partition coefficient (Wildman–Crippen LogP) is 4.54. The molecule has 3 heterocycles. The van der Waals surface area contributed by atoms with E-state index in [1.807, 2.05) is 31.2 Å². The molecule has 1 aromatic carbocycles. The summed E-state index contributed by atoms with van der Waals surface area (Å²) in [5.74, 6) is 1.76. The van der Waals surface area contributed by atoms with Crippen molar-refractivity contribution in [2.45, 2.75) is 33.2 Å². The molecule has 0 bridgehead atoms. The number of aliphatic imine (C=N–C) groups is 1. The Kier molecular flexibility index (Phi) is 4.68. The van der Waals surface area contributed by atoms with Crippen molar-refractivity contribution in [3.05, 3.63) is 62.5 Å². The molecule has 146 valence electrons. The summed E-state index contributed by atoms with van der Waals surface area (Å²) in [6.07, 6.45) is 0. The highest BCUT2D eigenvalue weighted by Crippen LogP contribution is 2.40. The maximum atomic E-state index is 6.15.